The lowest BCUT2D eigenvalue weighted by Gasteiger charge is -2.35. The van der Waals surface area contributed by atoms with Crippen LogP contribution in [0.1, 0.15) is 5.56 Å². The quantitative estimate of drug-likeness (QED) is 0.750. The molecular weight excluding hydrogens is 180 g/mol. The fourth-order valence-electron chi connectivity index (χ4n) is 1.64. The SMILES string of the molecule is COc1ccncc1CN1CC(O)C1. The van der Waals surface area contributed by atoms with Crippen LogP contribution in [0.5, 0.6) is 5.75 Å². The van der Waals surface area contributed by atoms with Gasteiger partial charge in [-0.1, -0.05) is 0 Å². The highest BCUT2D eigenvalue weighted by molar-refractivity contribution is 5.29. The Bertz CT molecular complexity index is 311. The van der Waals surface area contributed by atoms with Gasteiger partial charge < -0.3 is 9.84 Å². The first-order valence-electron chi connectivity index (χ1n) is 4.67. The van der Waals surface area contributed by atoms with E-state index in [1.807, 2.05) is 12.3 Å². The molecule has 2 heterocycles. The van der Waals surface area contributed by atoms with Crippen molar-refractivity contribution in [3.8, 4) is 5.75 Å². The highest BCUT2D eigenvalue weighted by Crippen LogP contribution is 2.20. The molecule has 1 aromatic heterocycles. The maximum Gasteiger partial charge on any atom is 0.126 e. The molecule has 4 nitrogen and oxygen atoms in total. The molecule has 1 saturated heterocycles. The van der Waals surface area contributed by atoms with E-state index in [1.165, 1.54) is 0 Å². The second kappa shape index (κ2) is 3.94. The number of aliphatic hydroxyl groups is 1. The minimum absolute atomic E-state index is 0.155. The van der Waals surface area contributed by atoms with Crippen LogP contribution in [0, 0.1) is 0 Å². The second-order valence-electron chi connectivity index (χ2n) is 3.54. The van der Waals surface area contributed by atoms with Crippen molar-refractivity contribution in [3.63, 3.8) is 0 Å². The predicted octanol–water partition coefficient (Wildman–Crippen LogP) is 0.267. The first kappa shape index (κ1) is 9.43. The Labute approximate surface area is 83.1 Å². The van der Waals surface area contributed by atoms with Gasteiger partial charge in [0, 0.05) is 37.6 Å². The van der Waals surface area contributed by atoms with E-state index in [4.69, 9.17) is 9.84 Å². The van der Waals surface area contributed by atoms with E-state index >= 15 is 0 Å². The van der Waals surface area contributed by atoms with Crippen LogP contribution in [0.15, 0.2) is 18.5 Å². The van der Waals surface area contributed by atoms with Crippen molar-refractivity contribution in [3.05, 3.63) is 24.0 Å². The van der Waals surface area contributed by atoms with E-state index in [2.05, 4.69) is 9.88 Å². The summed E-state index contributed by atoms with van der Waals surface area (Å²) in [5.74, 6) is 0.862. The van der Waals surface area contributed by atoms with Crippen LogP contribution in [-0.2, 0) is 6.54 Å². The molecule has 1 aromatic rings. The van der Waals surface area contributed by atoms with Crippen LogP contribution in [0.3, 0.4) is 0 Å². The Hall–Kier alpha value is -1.13. The van der Waals surface area contributed by atoms with Crippen LogP contribution in [0.25, 0.3) is 0 Å². The molecule has 76 valence electrons. The number of rotatable bonds is 3. The van der Waals surface area contributed by atoms with Gasteiger partial charge in [0.05, 0.1) is 13.2 Å². The van der Waals surface area contributed by atoms with Crippen molar-refractivity contribution in [2.45, 2.75) is 12.6 Å². The fraction of sp³-hybridized carbons (Fsp3) is 0.500. The Morgan fingerprint density at radius 2 is 2.43 bits per heavy atom. The standard InChI is InChI=1S/C10H14N2O2/c1-14-10-2-3-11-4-8(10)5-12-6-9(13)7-12/h2-4,9,13H,5-7H2,1H3. The average Bonchev–Trinajstić information content (AvgIpc) is 2.16. The van der Waals surface area contributed by atoms with Gasteiger partial charge in [0.25, 0.3) is 0 Å². The first-order valence-corrected chi connectivity index (χ1v) is 4.67. The maximum absolute atomic E-state index is 9.13. The summed E-state index contributed by atoms with van der Waals surface area (Å²) in [6, 6.07) is 1.85. The summed E-state index contributed by atoms with van der Waals surface area (Å²) in [4.78, 5) is 6.21. The average molecular weight is 194 g/mol. The zero-order chi connectivity index (χ0) is 9.97. The number of aliphatic hydroxyl groups excluding tert-OH is 1. The number of hydrogen-bond donors (Lipinski definition) is 1. The Morgan fingerprint density at radius 1 is 1.64 bits per heavy atom. The molecule has 1 aliphatic rings. The summed E-state index contributed by atoms with van der Waals surface area (Å²) >= 11 is 0. The largest absolute Gasteiger partial charge is 0.496 e. The van der Waals surface area contributed by atoms with E-state index in [0.717, 1.165) is 30.9 Å². The van der Waals surface area contributed by atoms with E-state index in [-0.39, 0.29) is 6.10 Å². The van der Waals surface area contributed by atoms with Crippen molar-refractivity contribution in [1.29, 1.82) is 0 Å². The molecule has 14 heavy (non-hydrogen) atoms. The highest BCUT2D eigenvalue weighted by Gasteiger charge is 2.24. The number of hydrogen-bond acceptors (Lipinski definition) is 4. The summed E-state index contributed by atoms with van der Waals surface area (Å²) in [7, 11) is 1.66. The molecule has 1 fully saturated rings. The number of aromatic nitrogens is 1. The van der Waals surface area contributed by atoms with Gasteiger partial charge in [-0.05, 0) is 6.07 Å². The molecule has 0 atom stereocenters. The smallest absolute Gasteiger partial charge is 0.126 e. The zero-order valence-corrected chi connectivity index (χ0v) is 8.18. The van der Waals surface area contributed by atoms with Crippen LogP contribution >= 0.6 is 0 Å². The van der Waals surface area contributed by atoms with Crippen LogP contribution < -0.4 is 4.74 Å². The Balaban J connectivity index is 2.01. The third-order valence-corrected chi connectivity index (χ3v) is 2.41. The minimum atomic E-state index is -0.155. The first-order chi connectivity index (χ1) is 6.79. The second-order valence-corrected chi connectivity index (χ2v) is 3.54. The topological polar surface area (TPSA) is 45.6 Å². The Kier molecular flexibility index (Phi) is 2.65. The molecule has 0 amide bonds. The van der Waals surface area contributed by atoms with Crippen molar-refractivity contribution in [2.75, 3.05) is 20.2 Å². The van der Waals surface area contributed by atoms with E-state index in [0.29, 0.717) is 0 Å². The van der Waals surface area contributed by atoms with Gasteiger partial charge in [-0.3, -0.25) is 9.88 Å². The highest BCUT2D eigenvalue weighted by atomic mass is 16.5. The summed E-state index contributed by atoms with van der Waals surface area (Å²) in [5, 5.41) is 9.13. The monoisotopic (exact) mass is 194 g/mol. The third kappa shape index (κ3) is 1.86. The molecule has 0 unspecified atom stereocenters. The summed E-state index contributed by atoms with van der Waals surface area (Å²) in [5.41, 5.74) is 1.07. The number of β-amino-alcohol motifs (C(OH)–C–C–N with tert-alkyl or cyclic N) is 1. The molecule has 4 heteroatoms. The number of methoxy groups -OCH3 is 1. The van der Waals surface area contributed by atoms with Crippen LogP contribution in [-0.4, -0.2) is 41.3 Å². The molecule has 0 spiro atoms. The van der Waals surface area contributed by atoms with Crippen LogP contribution in [0.2, 0.25) is 0 Å². The molecule has 0 saturated carbocycles. The molecular formula is C10H14N2O2. The minimum Gasteiger partial charge on any atom is -0.496 e. The molecule has 2 rings (SSSR count). The lowest BCUT2D eigenvalue weighted by atomic mass is 10.1. The number of nitrogens with zero attached hydrogens (tertiary/aromatic N) is 2. The maximum atomic E-state index is 9.13. The van der Waals surface area contributed by atoms with Gasteiger partial charge in [0.2, 0.25) is 0 Å². The number of pyridine rings is 1. The van der Waals surface area contributed by atoms with Gasteiger partial charge in [-0.15, -0.1) is 0 Å². The lowest BCUT2D eigenvalue weighted by Crippen LogP contribution is -2.49. The Morgan fingerprint density at radius 3 is 3.07 bits per heavy atom. The van der Waals surface area contributed by atoms with Crippen molar-refractivity contribution in [2.24, 2.45) is 0 Å². The van der Waals surface area contributed by atoms with Gasteiger partial charge in [0.1, 0.15) is 5.75 Å². The van der Waals surface area contributed by atoms with E-state index in [1.54, 1.807) is 13.3 Å². The van der Waals surface area contributed by atoms with Crippen molar-refractivity contribution in [1.82, 2.24) is 9.88 Å². The fourth-order valence-corrected chi connectivity index (χ4v) is 1.64. The zero-order valence-electron chi connectivity index (χ0n) is 8.18. The summed E-state index contributed by atoms with van der Waals surface area (Å²) < 4.78 is 5.21. The molecule has 1 aliphatic heterocycles. The van der Waals surface area contributed by atoms with Crippen LogP contribution in [0.4, 0.5) is 0 Å². The molecule has 1 N–H and O–H groups in total. The summed E-state index contributed by atoms with van der Waals surface area (Å²) in [6.45, 7) is 2.30. The summed E-state index contributed by atoms with van der Waals surface area (Å²) in [6.07, 6.45) is 3.37. The van der Waals surface area contributed by atoms with E-state index in [9.17, 15) is 0 Å². The molecule has 0 aromatic carbocycles. The number of ether oxygens (including phenoxy) is 1. The third-order valence-electron chi connectivity index (χ3n) is 2.41. The van der Waals surface area contributed by atoms with Gasteiger partial charge in [-0.25, -0.2) is 0 Å². The molecule has 0 radical (unpaired) electrons. The van der Waals surface area contributed by atoms with Crippen molar-refractivity contribution < 1.29 is 9.84 Å². The van der Waals surface area contributed by atoms with Gasteiger partial charge in [-0.2, -0.15) is 0 Å². The van der Waals surface area contributed by atoms with Gasteiger partial charge >= 0.3 is 0 Å². The molecule has 0 aliphatic carbocycles. The number of likely N-dealkylation sites (tertiary alicyclic amines) is 1. The molecule has 0 bridgehead atoms. The predicted molar refractivity (Wildman–Crippen MR) is 52.1 cm³/mol. The van der Waals surface area contributed by atoms with E-state index < -0.39 is 0 Å². The normalized spacial score (nSPS) is 17.9. The van der Waals surface area contributed by atoms with Gasteiger partial charge in [0.15, 0.2) is 0 Å². The van der Waals surface area contributed by atoms with Crippen molar-refractivity contribution >= 4 is 0 Å². The lowest BCUT2D eigenvalue weighted by molar-refractivity contribution is -0.00327.